The number of likely N-dealkylation sites (tertiary alicyclic amines) is 2. The molecule has 0 aromatic carbocycles. The van der Waals surface area contributed by atoms with E-state index in [0.717, 1.165) is 19.0 Å². The maximum Gasteiger partial charge on any atom is 0.317 e. The highest BCUT2D eigenvalue weighted by Crippen LogP contribution is 2.62. The van der Waals surface area contributed by atoms with Crippen LogP contribution in [0.25, 0.3) is 0 Å². The molecule has 31 heavy (non-hydrogen) atoms. The first-order valence-corrected chi connectivity index (χ1v) is 11.0. The quantitative estimate of drug-likeness (QED) is 0.678. The lowest BCUT2D eigenvalue weighted by Gasteiger charge is -2.59. The van der Waals surface area contributed by atoms with Crippen molar-refractivity contribution in [3.05, 3.63) is 0 Å². The zero-order chi connectivity index (χ0) is 23.6. The number of hydrogen-bond donors (Lipinski definition) is 1. The third-order valence-electron chi connectivity index (χ3n) is 6.93. The number of piperidine rings is 1. The molecule has 2 atom stereocenters. The van der Waals surface area contributed by atoms with Gasteiger partial charge in [0.2, 0.25) is 5.91 Å². The molecule has 2 heterocycles. The minimum absolute atomic E-state index is 0.0431. The summed E-state index contributed by atoms with van der Waals surface area (Å²) in [6, 6.07) is -0.406. The summed E-state index contributed by atoms with van der Waals surface area (Å²) in [5, 5.41) is 2.58. The predicted molar refractivity (Wildman–Crippen MR) is 113 cm³/mol. The van der Waals surface area contributed by atoms with Crippen molar-refractivity contribution < 1.29 is 27.9 Å². The Morgan fingerprint density at radius 3 is 1.94 bits per heavy atom. The lowest BCUT2D eigenvalue weighted by atomic mass is 9.60. The van der Waals surface area contributed by atoms with Crippen LogP contribution < -0.4 is 5.32 Å². The molecule has 2 unspecified atom stereocenters. The first-order chi connectivity index (χ1) is 14.3. The monoisotopic (exact) mass is 445 g/mol. The van der Waals surface area contributed by atoms with Gasteiger partial charge in [-0.05, 0) is 29.6 Å². The first kappa shape index (κ1) is 25.3. The zero-order valence-corrected chi connectivity index (χ0v) is 19.5. The van der Waals surface area contributed by atoms with Gasteiger partial charge in [-0.15, -0.1) is 0 Å². The molecule has 4 fully saturated rings. The van der Waals surface area contributed by atoms with Crippen molar-refractivity contribution in [1.29, 1.82) is 0 Å². The molecule has 0 aromatic heterocycles. The average molecular weight is 446 g/mol. The molecule has 4 aliphatic rings. The molecule has 178 valence electrons. The molecule has 1 N–H and O–H groups in total. The summed E-state index contributed by atoms with van der Waals surface area (Å²) in [6.07, 6.45) is 0.406. The number of nitrogens with zero attached hydrogens (tertiary/aromatic N) is 2. The summed E-state index contributed by atoms with van der Waals surface area (Å²) in [4.78, 5) is 36.2. The van der Waals surface area contributed by atoms with Crippen LogP contribution in [0.1, 0.15) is 47.5 Å². The summed E-state index contributed by atoms with van der Waals surface area (Å²) < 4.78 is 30.8. The maximum atomic E-state index is 13.5. The number of carbonyl (C=O) groups is 3. The van der Waals surface area contributed by atoms with Crippen molar-refractivity contribution in [2.75, 3.05) is 39.8 Å². The van der Waals surface area contributed by atoms with Crippen LogP contribution in [0.4, 0.5) is 13.6 Å². The fraction of sp³-hybridized carbons (Fsp3) is 0.864. The summed E-state index contributed by atoms with van der Waals surface area (Å²) in [5.41, 5.74) is -0.643. The van der Waals surface area contributed by atoms with Crippen molar-refractivity contribution >= 4 is 18.4 Å². The molecular formula is C22H37F2N3O4. The number of nitrogens with one attached hydrogen (secondary N) is 1. The zero-order valence-electron chi connectivity index (χ0n) is 19.5. The smallest absolute Gasteiger partial charge is 0.317 e. The van der Waals surface area contributed by atoms with Gasteiger partial charge >= 0.3 is 6.03 Å². The molecule has 2 aliphatic carbocycles. The number of amides is 3. The molecular weight excluding hydrogens is 408 g/mol. The van der Waals surface area contributed by atoms with Crippen molar-refractivity contribution in [2.45, 2.75) is 53.4 Å². The summed E-state index contributed by atoms with van der Waals surface area (Å²) in [6.45, 7) is 13.0. The van der Waals surface area contributed by atoms with Crippen LogP contribution in [-0.2, 0) is 14.3 Å². The van der Waals surface area contributed by atoms with E-state index < -0.39 is 17.4 Å². The predicted octanol–water partition coefficient (Wildman–Crippen LogP) is 2.99. The Hall–Kier alpha value is -1.93. The number of hydrogen-bond acceptors (Lipinski definition) is 4. The van der Waals surface area contributed by atoms with Gasteiger partial charge < -0.3 is 19.9 Å². The van der Waals surface area contributed by atoms with Crippen LogP contribution in [-0.4, -0.2) is 74.0 Å². The first-order valence-electron chi connectivity index (χ1n) is 11.0. The molecule has 7 nitrogen and oxygen atoms in total. The van der Waals surface area contributed by atoms with Gasteiger partial charge in [0.25, 0.3) is 12.4 Å². The fourth-order valence-corrected chi connectivity index (χ4v) is 4.60. The van der Waals surface area contributed by atoms with Gasteiger partial charge in [-0.25, -0.2) is 13.6 Å². The van der Waals surface area contributed by atoms with Gasteiger partial charge in [0.1, 0.15) is 0 Å². The number of methoxy groups -OCH3 is 1. The van der Waals surface area contributed by atoms with Crippen molar-refractivity contribution in [2.24, 2.45) is 28.6 Å². The fourth-order valence-electron chi connectivity index (χ4n) is 4.60. The van der Waals surface area contributed by atoms with Crippen LogP contribution in [0.15, 0.2) is 0 Å². The number of fused-ring (bicyclic) bond motifs is 1. The molecule has 2 saturated carbocycles. The molecule has 3 amide bonds. The maximum absolute atomic E-state index is 13.5. The van der Waals surface area contributed by atoms with E-state index in [1.54, 1.807) is 4.90 Å². The second-order valence-corrected chi connectivity index (χ2v) is 10.4. The van der Waals surface area contributed by atoms with Gasteiger partial charge in [-0.3, -0.25) is 9.59 Å². The minimum Gasteiger partial charge on any atom is -0.471 e. The number of alkyl halides is 2. The average Bonchev–Trinajstić information content (AvgIpc) is 3.00. The molecule has 0 aromatic rings. The highest BCUT2D eigenvalue weighted by molar-refractivity contribution is 5.84. The minimum atomic E-state index is -2.64. The van der Waals surface area contributed by atoms with Crippen LogP contribution in [0, 0.1) is 28.6 Å². The Bertz CT molecular complexity index is 661. The Kier molecular flexibility index (Phi) is 7.59. The van der Waals surface area contributed by atoms with Gasteiger partial charge in [0.05, 0.1) is 19.1 Å². The van der Waals surface area contributed by atoms with Gasteiger partial charge in [-0.2, -0.15) is 0 Å². The molecule has 2 saturated heterocycles. The van der Waals surface area contributed by atoms with Crippen molar-refractivity contribution in [1.82, 2.24) is 15.1 Å². The van der Waals surface area contributed by atoms with E-state index >= 15 is 0 Å². The molecule has 0 bridgehead atoms. The SMILES string of the molecule is CC(C)C.CC1(C)C2CN(C(=O)CNC(=O)N3CC4(CCC4(F)F)C3)CC21.COC=O. The lowest BCUT2D eigenvalue weighted by molar-refractivity contribution is -0.248. The number of ether oxygens (including phenoxy) is 1. The van der Waals surface area contributed by atoms with Crippen LogP contribution in [0.3, 0.4) is 0 Å². The van der Waals surface area contributed by atoms with Crippen molar-refractivity contribution in [3.63, 3.8) is 0 Å². The van der Waals surface area contributed by atoms with Gasteiger partial charge in [-0.1, -0.05) is 34.6 Å². The Labute approximate surface area is 183 Å². The summed E-state index contributed by atoms with van der Waals surface area (Å²) >= 11 is 0. The number of carbonyl (C=O) groups excluding carboxylic acids is 3. The second kappa shape index (κ2) is 9.28. The molecule has 2 aliphatic heterocycles. The van der Waals surface area contributed by atoms with E-state index in [4.69, 9.17) is 4.79 Å². The third kappa shape index (κ3) is 5.29. The van der Waals surface area contributed by atoms with E-state index in [1.807, 2.05) is 0 Å². The third-order valence-corrected chi connectivity index (χ3v) is 6.93. The topological polar surface area (TPSA) is 79.0 Å². The van der Waals surface area contributed by atoms with E-state index in [1.165, 1.54) is 12.0 Å². The number of urea groups is 1. The highest BCUT2D eigenvalue weighted by Gasteiger charge is 2.67. The molecule has 0 radical (unpaired) electrons. The number of halogens is 2. The van der Waals surface area contributed by atoms with E-state index in [0.29, 0.717) is 30.1 Å². The summed E-state index contributed by atoms with van der Waals surface area (Å²) in [5.74, 6) is -0.717. The molecule has 9 heteroatoms. The highest BCUT2D eigenvalue weighted by atomic mass is 19.3. The largest absolute Gasteiger partial charge is 0.471 e. The number of rotatable bonds is 3. The standard InChI is InChI=1S/C16H23F2N3O2.C4H10.C2H4O2/c1-14(2)10-6-20(7-11(10)14)12(22)5-19-13(23)21-8-15(9-21)3-4-16(15,17)18;1-4(2)3;1-4-2-3/h10-11H,3-9H2,1-2H3,(H,19,23);4H,1-3H3;2H,1H3. The molecule has 1 spiro atoms. The molecule has 4 rings (SSSR count). The van der Waals surface area contributed by atoms with E-state index in [2.05, 4.69) is 44.7 Å². The van der Waals surface area contributed by atoms with Crippen LogP contribution in [0.5, 0.6) is 0 Å². The van der Waals surface area contributed by atoms with Crippen molar-refractivity contribution in [3.8, 4) is 0 Å². The van der Waals surface area contributed by atoms with Crippen LogP contribution in [0.2, 0.25) is 0 Å². The summed E-state index contributed by atoms with van der Waals surface area (Å²) in [7, 11) is 1.31. The van der Waals surface area contributed by atoms with Gasteiger partial charge in [0, 0.05) is 32.6 Å². The second-order valence-electron chi connectivity index (χ2n) is 10.4. The van der Waals surface area contributed by atoms with E-state index in [9.17, 15) is 18.4 Å². The van der Waals surface area contributed by atoms with E-state index in [-0.39, 0.29) is 32.0 Å². The lowest BCUT2D eigenvalue weighted by Crippen LogP contribution is -2.72. The normalized spacial score (nSPS) is 27.4. The van der Waals surface area contributed by atoms with Crippen LogP contribution >= 0.6 is 0 Å². The Morgan fingerprint density at radius 2 is 1.58 bits per heavy atom. The van der Waals surface area contributed by atoms with Gasteiger partial charge in [0.15, 0.2) is 0 Å². The Balaban J connectivity index is 0.000000370. The Morgan fingerprint density at radius 1 is 1.10 bits per heavy atom.